The number of benzene rings is 2. The SMILES string of the molecule is CNC1(C)CN(c2nc(N3CCNCC3)c3cc(Cl)c(-c4cccc5sc(N)nc45)c(F)c3n2)C1. The Bertz CT molecular complexity index is 1450. The number of thiazole rings is 1. The molecule has 0 aliphatic carbocycles. The Hall–Kier alpha value is -2.79. The molecule has 11 heteroatoms. The molecule has 4 heterocycles. The van der Waals surface area contributed by atoms with Gasteiger partial charge in [0.2, 0.25) is 5.95 Å². The third-order valence-corrected chi connectivity index (χ3v) is 8.09. The molecule has 2 aliphatic rings. The van der Waals surface area contributed by atoms with Crippen molar-refractivity contribution in [1.82, 2.24) is 25.6 Å². The first kappa shape index (κ1) is 22.7. The molecule has 4 aromatic rings. The fourth-order valence-electron chi connectivity index (χ4n) is 4.94. The lowest BCUT2D eigenvalue weighted by atomic mass is 9.93. The number of rotatable bonds is 4. The third-order valence-electron chi connectivity index (χ3n) is 6.94. The van der Waals surface area contributed by atoms with Gasteiger partial charge in [-0.3, -0.25) is 0 Å². The Kier molecular flexibility index (Phi) is 5.44. The number of anilines is 3. The number of nitrogens with two attached hydrogens (primary N) is 1. The van der Waals surface area contributed by atoms with Crippen molar-refractivity contribution in [2.24, 2.45) is 0 Å². The van der Waals surface area contributed by atoms with Gasteiger partial charge in [0, 0.05) is 55.8 Å². The van der Waals surface area contributed by atoms with Gasteiger partial charge < -0.3 is 26.2 Å². The normalized spacial score (nSPS) is 17.8. The van der Waals surface area contributed by atoms with Crippen LogP contribution in [0.25, 0.3) is 32.2 Å². The van der Waals surface area contributed by atoms with Gasteiger partial charge in [-0.1, -0.05) is 35.1 Å². The molecule has 35 heavy (non-hydrogen) atoms. The van der Waals surface area contributed by atoms with Gasteiger partial charge in [0.05, 0.1) is 20.8 Å². The number of fused-ring (bicyclic) bond motifs is 2. The Morgan fingerprint density at radius 3 is 2.66 bits per heavy atom. The van der Waals surface area contributed by atoms with Gasteiger partial charge in [0.15, 0.2) is 10.9 Å². The Morgan fingerprint density at radius 2 is 1.91 bits per heavy atom. The summed E-state index contributed by atoms with van der Waals surface area (Å²) >= 11 is 8.12. The highest BCUT2D eigenvalue weighted by Gasteiger charge is 2.39. The number of hydrogen-bond acceptors (Lipinski definition) is 9. The van der Waals surface area contributed by atoms with E-state index in [1.54, 1.807) is 6.07 Å². The summed E-state index contributed by atoms with van der Waals surface area (Å²) in [6, 6.07) is 7.40. The van der Waals surface area contributed by atoms with E-state index in [1.807, 2.05) is 25.2 Å². The van der Waals surface area contributed by atoms with Crippen molar-refractivity contribution in [3.63, 3.8) is 0 Å². The van der Waals surface area contributed by atoms with E-state index in [0.717, 1.165) is 44.0 Å². The fourth-order valence-corrected chi connectivity index (χ4v) is 5.99. The van der Waals surface area contributed by atoms with Crippen LogP contribution < -0.4 is 26.2 Å². The number of para-hydroxylation sites is 1. The van der Waals surface area contributed by atoms with Crippen LogP contribution in [-0.2, 0) is 0 Å². The summed E-state index contributed by atoms with van der Waals surface area (Å²) in [6.07, 6.45) is 0. The van der Waals surface area contributed by atoms with E-state index in [-0.39, 0.29) is 16.6 Å². The van der Waals surface area contributed by atoms with Crippen LogP contribution in [0.4, 0.5) is 21.3 Å². The van der Waals surface area contributed by atoms with Crippen LogP contribution in [0.2, 0.25) is 5.02 Å². The molecular weight excluding hydrogens is 487 g/mol. The quantitative estimate of drug-likeness (QED) is 0.382. The van der Waals surface area contributed by atoms with Gasteiger partial charge in [0.25, 0.3) is 0 Å². The van der Waals surface area contributed by atoms with Crippen molar-refractivity contribution in [1.29, 1.82) is 0 Å². The van der Waals surface area contributed by atoms with E-state index < -0.39 is 5.82 Å². The first-order valence-corrected chi connectivity index (χ1v) is 12.8. The van der Waals surface area contributed by atoms with Gasteiger partial charge in [-0.25, -0.2) is 14.4 Å². The number of hydrogen-bond donors (Lipinski definition) is 3. The van der Waals surface area contributed by atoms with Crippen LogP contribution in [-0.4, -0.2) is 66.8 Å². The zero-order valence-corrected chi connectivity index (χ0v) is 21.1. The minimum atomic E-state index is -0.469. The first-order chi connectivity index (χ1) is 16.9. The number of piperazine rings is 1. The predicted octanol–water partition coefficient (Wildman–Crippen LogP) is 3.49. The molecule has 4 N–H and O–H groups in total. The van der Waals surface area contributed by atoms with Crippen molar-refractivity contribution >= 4 is 61.0 Å². The topological polar surface area (TPSA) is 95.2 Å². The monoisotopic (exact) mass is 512 g/mol. The van der Waals surface area contributed by atoms with Crippen molar-refractivity contribution < 1.29 is 4.39 Å². The molecule has 6 rings (SSSR count). The molecule has 0 atom stereocenters. The van der Waals surface area contributed by atoms with Crippen LogP contribution in [0.1, 0.15) is 6.92 Å². The molecule has 2 aromatic heterocycles. The average Bonchev–Trinajstić information content (AvgIpc) is 3.23. The predicted molar refractivity (Wildman–Crippen MR) is 142 cm³/mol. The van der Waals surface area contributed by atoms with E-state index >= 15 is 4.39 Å². The largest absolute Gasteiger partial charge is 0.375 e. The lowest BCUT2D eigenvalue weighted by molar-refractivity contribution is 0.299. The van der Waals surface area contributed by atoms with Crippen LogP contribution in [0.5, 0.6) is 0 Å². The minimum Gasteiger partial charge on any atom is -0.375 e. The maximum Gasteiger partial charge on any atom is 0.228 e. The summed E-state index contributed by atoms with van der Waals surface area (Å²) in [6.45, 7) is 6.87. The van der Waals surface area contributed by atoms with Gasteiger partial charge in [-0.05, 0) is 26.1 Å². The van der Waals surface area contributed by atoms with Crippen LogP contribution >= 0.6 is 22.9 Å². The fraction of sp³-hybridized carbons (Fsp3) is 0.375. The summed E-state index contributed by atoms with van der Waals surface area (Å²) in [4.78, 5) is 18.4. The molecule has 8 nitrogen and oxygen atoms in total. The van der Waals surface area contributed by atoms with E-state index in [2.05, 4.69) is 32.3 Å². The standard InChI is InChI=1S/C24H26ClFN8S/c1-24(28-2)11-34(12-24)23-31-20-14(21(32-23)33-8-6-29-7-9-33)10-15(25)17(18(20)26)13-4-3-5-16-19(13)30-22(27)35-16/h3-5,10,28-29H,6-9,11-12H2,1-2H3,(H2,27,30). The molecule has 0 radical (unpaired) electrons. The van der Waals surface area contributed by atoms with Crippen LogP contribution in [0.15, 0.2) is 24.3 Å². The number of nitrogen functional groups attached to an aromatic ring is 1. The van der Waals surface area contributed by atoms with Crippen molar-refractivity contribution in [3.05, 3.63) is 35.1 Å². The van der Waals surface area contributed by atoms with E-state index in [9.17, 15) is 0 Å². The molecule has 2 saturated heterocycles. The number of aromatic nitrogens is 3. The van der Waals surface area contributed by atoms with Crippen molar-refractivity contribution in [2.45, 2.75) is 12.5 Å². The molecule has 0 spiro atoms. The lowest BCUT2D eigenvalue weighted by Crippen LogP contribution is -2.67. The lowest BCUT2D eigenvalue weighted by Gasteiger charge is -2.48. The summed E-state index contributed by atoms with van der Waals surface area (Å²) < 4.78 is 17.3. The molecule has 2 aliphatic heterocycles. The zero-order chi connectivity index (χ0) is 24.3. The molecular formula is C24H26ClFN8S. The maximum absolute atomic E-state index is 16.4. The maximum atomic E-state index is 16.4. The molecule has 0 amide bonds. The third kappa shape index (κ3) is 3.76. The Morgan fingerprint density at radius 1 is 1.14 bits per heavy atom. The number of nitrogens with one attached hydrogen (secondary N) is 2. The molecule has 2 aromatic carbocycles. The molecule has 0 saturated carbocycles. The number of likely N-dealkylation sites (N-methyl/N-ethyl adjacent to an activating group) is 1. The highest BCUT2D eigenvalue weighted by atomic mass is 35.5. The average molecular weight is 513 g/mol. The van der Waals surface area contributed by atoms with Crippen LogP contribution in [0.3, 0.4) is 0 Å². The summed E-state index contributed by atoms with van der Waals surface area (Å²) in [7, 11) is 1.95. The van der Waals surface area contributed by atoms with Gasteiger partial charge >= 0.3 is 0 Å². The van der Waals surface area contributed by atoms with Gasteiger partial charge in [-0.15, -0.1) is 0 Å². The van der Waals surface area contributed by atoms with Crippen molar-refractivity contribution in [2.75, 3.05) is 61.8 Å². The molecule has 2 fully saturated rings. The van der Waals surface area contributed by atoms with Gasteiger partial charge in [0.1, 0.15) is 11.3 Å². The second-order valence-electron chi connectivity index (χ2n) is 9.40. The Balaban J connectivity index is 1.56. The summed E-state index contributed by atoms with van der Waals surface area (Å²) in [5.74, 6) is 0.776. The molecule has 182 valence electrons. The van der Waals surface area contributed by atoms with Crippen LogP contribution in [0, 0.1) is 5.82 Å². The summed E-state index contributed by atoms with van der Waals surface area (Å²) in [5.41, 5.74) is 7.73. The Labute approximate surface area is 211 Å². The minimum absolute atomic E-state index is 0.0164. The summed E-state index contributed by atoms with van der Waals surface area (Å²) in [5, 5.41) is 8.05. The first-order valence-electron chi connectivity index (χ1n) is 11.6. The van der Waals surface area contributed by atoms with E-state index in [1.165, 1.54) is 11.3 Å². The smallest absolute Gasteiger partial charge is 0.228 e. The highest BCUT2D eigenvalue weighted by molar-refractivity contribution is 7.22. The van der Waals surface area contributed by atoms with Gasteiger partial charge in [-0.2, -0.15) is 4.98 Å². The highest BCUT2D eigenvalue weighted by Crippen LogP contribution is 2.42. The van der Waals surface area contributed by atoms with E-state index in [0.29, 0.717) is 38.4 Å². The van der Waals surface area contributed by atoms with E-state index in [4.69, 9.17) is 27.3 Å². The molecule has 0 unspecified atom stereocenters. The molecule has 0 bridgehead atoms. The second kappa shape index (κ2) is 8.41. The number of halogens is 2. The zero-order valence-electron chi connectivity index (χ0n) is 19.5. The second-order valence-corrected chi connectivity index (χ2v) is 10.9. The van der Waals surface area contributed by atoms with Crippen molar-refractivity contribution in [3.8, 4) is 11.1 Å². The number of nitrogens with zero attached hydrogens (tertiary/aromatic N) is 5.